The van der Waals surface area contributed by atoms with E-state index < -0.39 is 0 Å². The SMILES string of the molecule is COC1CCCC1N1C(=O)C(C)NC1CC(C)C. The third kappa shape index (κ3) is 2.54. The zero-order valence-corrected chi connectivity index (χ0v) is 12.0. The van der Waals surface area contributed by atoms with Gasteiger partial charge in [0.05, 0.1) is 24.4 Å². The van der Waals surface area contributed by atoms with Crippen LogP contribution in [0.3, 0.4) is 0 Å². The maximum atomic E-state index is 12.4. The molecule has 2 aliphatic rings. The fraction of sp³-hybridized carbons (Fsp3) is 0.929. The number of hydrogen-bond acceptors (Lipinski definition) is 3. The summed E-state index contributed by atoms with van der Waals surface area (Å²) in [6, 6.07) is 0.218. The first-order valence-electron chi connectivity index (χ1n) is 7.15. The lowest BCUT2D eigenvalue weighted by molar-refractivity contribution is -0.134. The molecule has 0 aromatic rings. The van der Waals surface area contributed by atoms with Gasteiger partial charge in [-0.15, -0.1) is 0 Å². The van der Waals surface area contributed by atoms with Crippen LogP contribution in [0.25, 0.3) is 0 Å². The minimum atomic E-state index is -0.0492. The molecule has 4 heteroatoms. The normalized spacial score (nSPS) is 36.9. The van der Waals surface area contributed by atoms with Crippen molar-refractivity contribution < 1.29 is 9.53 Å². The highest BCUT2D eigenvalue weighted by Gasteiger charge is 2.44. The number of nitrogens with one attached hydrogen (secondary N) is 1. The number of hydrogen-bond donors (Lipinski definition) is 1. The average molecular weight is 254 g/mol. The van der Waals surface area contributed by atoms with E-state index in [1.807, 2.05) is 6.92 Å². The van der Waals surface area contributed by atoms with Gasteiger partial charge in [0.1, 0.15) is 0 Å². The molecule has 0 aromatic carbocycles. The van der Waals surface area contributed by atoms with Gasteiger partial charge in [0.25, 0.3) is 0 Å². The Balaban J connectivity index is 2.13. The summed E-state index contributed by atoms with van der Waals surface area (Å²) in [5, 5.41) is 3.43. The summed E-state index contributed by atoms with van der Waals surface area (Å²) < 4.78 is 5.55. The van der Waals surface area contributed by atoms with E-state index in [1.54, 1.807) is 7.11 Å². The second-order valence-electron chi connectivity index (χ2n) is 6.05. The lowest BCUT2D eigenvalue weighted by Gasteiger charge is -2.34. The Morgan fingerprint density at radius 3 is 2.78 bits per heavy atom. The van der Waals surface area contributed by atoms with Crippen molar-refractivity contribution in [2.24, 2.45) is 5.92 Å². The number of nitrogens with zero attached hydrogens (tertiary/aromatic N) is 1. The second kappa shape index (κ2) is 5.57. The summed E-state index contributed by atoms with van der Waals surface area (Å²) in [5.74, 6) is 0.833. The number of ether oxygens (including phenoxy) is 1. The van der Waals surface area contributed by atoms with Crippen LogP contribution in [0.1, 0.15) is 46.5 Å². The molecule has 0 aromatic heterocycles. The monoisotopic (exact) mass is 254 g/mol. The quantitative estimate of drug-likeness (QED) is 0.831. The van der Waals surface area contributed by atoms with Crippen LogP contribution in [0, 0.1) is 5.92 Å². The smallest absolute Gasteiger partial charge is 0.241 e. The third-order valence-electron chi connectivity index (χ3n) is 4.18. The minimum Gasteiger partial charge on any atom is -0.379 e. The molecule has 1 amide bonds. The molecule has 1 saturated heterocycles. The van der Waals surface area contributed by atoms with E-state index in [1.165, 1.54) is 0 Å². The van der Waals surface area contributed by atoms with Gasteiger partial charge in [-0.2, -0.15) is 0 Å². The molecule has 1 aliphatic heterocycles. The molecule has 1 aliphatic carbocycles. The summed E-state index contributed by atoms with van der Waals surface area (Å²) in [4.78, 5) is 14.4. The topological polar surface area (TPSA) is 41.6 Å². The van der Waals surface area contributed by atoms with Crippen molar-refractivity contribution in [3.8, 4) is 0 Å². The minimum absolute atomic E-state index is 0.0492. The zero-order chi connectivity index (χ0) is 13.3. The van der Waals surface area contributed by atoms with Crippen LogP contribution in [-0.2, 0) is 9.53 Å². The van der Waals surface area contributed by atoms with E-state index in [-0.39, 0.29) is 30.3 Å². The molecule has 2 fully saturated rings. The van der Waals surface area contributed by atoms with Gasteiger partial charge >= 0.3 is 0 Å². The maximum absolute atomic E-state index is 12.4. The lowest BCUT2D eigenvalue weighted by atomic mass is 10.1. The number of carbonyl (C=O) groups excluding carboxylic acids is 1. The van der Waals surface area contributed by atoms with Crippen molar-refractivity contribution in [3.63, 3.8) is 0 Å². The molecule has 0 bridgehead atoms. The van der Waals surface area contributed by atoms with Crippen molar-refractivity contribution in [2.45, 2.75) is 70.8 Å². The van der Waals surface area contributed by atoms with Crippen molar-refractivity contribution in [1.82, 2.24) is 10.2 Å². The van der Waals surface area contributed by atoms with Gasteiger partial charge in [-0.1, -0.05) is 13.8 Å². The van der Waals surface area contributed by atoms with Gasteiger partial charge in [-0.25, -0.2) is 0 Å². The highest BCUT2D eigenvalue weighted by atomic mass is 16.5. The van der Waals surface area contributed by atoms with E-state index >= 15 is 0 Å². The van der Waals surface area contributed by atoms with Crippen LogP contribution < -0.4 is 5.32 Å². The van der Waals surface area contributed by atoms with Crippen molar-refractivity contribution >= 4 is 5.91 Å². The van der Waals surface area contributed by atoms with Crippen LogP contribution in [0.15, 0.2) is 0 Å². The Hall–Kier alpha value is -0.610. The van der Waals surface area contributed by atoms with Gasteiger partial charge < -0.3 is 9.64 Å². The summed E-state index contributed by atoms with van der Waals surface area (Å²) in [5.41, 5.74) is 0. The molecule has 18 heavy (non-hydrogen) atoms. The fourth-order valence-electron chi connectivity index (χ4n) is 3.34. The fourth-order valence-corrected chi connectivity index (χ4v) is 3.34. The average Bonchev–Trinajstić information content (AvgIpc) is 2.84. The molecule has 104 valence electrons. The first-order valence-corrected chi connectivity index (χ1v) is 7.15. The van der Waals surface area contributed by atoms with E-state index in [9.17, 15) is 4.79 Å². The highest BCUT2D eigenvalue weighted by Crippen LogP contribution is 2.31. The van der Waals surface area contributed by atoms with Crippen LogP contribution in [0.4, 0.5) is 0 Å². The zero-order valence-electron chi connectivity index (χ0n) is 12.0. The van der Waals surface area contributed by atoms with E-state index in [2.05, 4.69) is 24.1 Å². The van der Waals surface area contributed by atoms with Gasteiger partial charge in [0.2, 0.25) is 5.91 Å². The van der Waals surface area contributed by atoms with Gasteiger partial charge in [-0.05, 0) is 38.5 Å². The van der Waals surface area contributed by atoms with Crippen molar-refractivity contribution in [2.75, 3.05) is 7.11 Å². The van der Waals surface area contributed by atoms with Crippen molar-refractivity contribution in [3.05, 3.63) is 0 Å². The van der Waals surface area contributed by atoms with Crippen LogP contribution in [-0.4, -0.2) is 42.3 Å². The Morgan fingerprint density at radius 1 is 1.44 bits per heavy atom. The number of amides is 1. The molecule has 0 radical (unpaired) electrons. The summed E-state index contributed by atoms with van der Waals surface area (Å²) >= 11 is 0. The van der Waals surface area contributed by atoms with E-state index in [0.717, 1.165) is 25.7 Å². The summed E-state index contributed by atoms with van der Waals surface area (Å²) in [6.45, 7) is 6.37. The number of carbonyl (C=O) groups is 1. The van der Waals surface area contributed by atoms with Gasteiger partial charge in [0, 0.05) is 7.11 Å². The van der Waals surface area contributed by atoms with Crippen LogP contribution >= 0.6 is 0 Å². The molecular weight excluding hydrogens is 228 g/mol. The van der Waals surface area contributed by atoms with E-state index in [4.69, 9.17) is 4.74 Å². The Morgan fingerprint density at radius 2 is 2.17 bits per heavy atom. The standard InChI is InChI=1S/C14H26N2O2/c1-9(2)8-13-15-10(3)14(17)16(13)11-6-5-7-12(11)18-4/h9-13,15H,5-8H2,1-4H3. The molecule has 4 atom stereocenters. The summed E-state index contributed by atoms with van der Waals surface area (Å²) in [7, 11) is 1.76. The lowest BCUT2D eigenvalue weighted by Crippen LogP contribution is -2.48. The Labute approximate surface area is 110 Å². The molecule has 1 heterocycles. The molecule has 0 spiro atoms. The summed E-state index contributed by atoms with van der Waals surface area (Å²) in [6.07, 6.45) is 4.74. The maximum Gasteiger partial charge on any atom is 0.241 e. The van der Waals surface area contributed by atoms with Crippen molar-refractivity contribution in [1.29, 1.82) is 0 Å². The Kier molecular flexibility index (Phi) is 4.28. The predicted octanol–water partition coefficient (Wildman–Crippen LogP) is 1.75. The second-order valence-corrected chi connectivity index (χ2v) is 6.05. The molecular formula is C14H26N2O2. The number of rotatable bonds is 4. The number of methoxy groups -OCH3 is 1. The van der Waals surface area contributed by atoms with Crippen LogP contribution in [0.5, 0.6) is 0 Å². The first-order chi connectivity index (χ1) is 8.54. The van der Waals surface area contributed by atoms with Gasteiger partial charge in [0.15, 0.2) is 0 Å². The molecule has 4 unspecified atom stereocenters. The first kappa shape index (κ1) is 13.8. The predicted molar refractivity (Wildman–Crippen MR) is 71.1 cm³/mol. The molecule has 2 rings (SSSR count). The third-order valence-corrected chi connectivity index (χ3v) is 4.18. The van der Waals surface area contributed by atoms with Gasteiger partial charge in [-0.3, -0.25) is 10.1 Å². The largest absolute Gasteiger partial charge is 0.379 e. The Bertz CT molecular complexity index is 306. The molecule has 1 saturated carbocycles. The van der Waals surface area contributed by atoms with E-state index in [0.29, 0.717) is 5.92 Å². The van der Waals surface area contributed by atoms with Crippen LogP contribution in [0.2, 0.25) is 0 Å². The molecule has 4 nitrogen and oxygen atoms in total. The highest BCUT2D eigenvalue weighted by molar-refractivity contribution is 5.84. The molecule has 1 N–H and O–H groups in total.